The number of hydrogen-bond donors (Lipinski definition) is 5. The van der Waals surface area contributed by atoms with Crippen LogP contribution in [-0.2, 0) is 24.1 Å². The summed E-state index contributed by atoms with van der Waals surface area (Å²) in [5.74, 6) is 0.290. The summed E-state index contributed by atoms with van der Waals surface area (Å²) in [6.07, 6.45) is 12.1. The van der Waals surface area contributed by atoms with Gasteiger partial charge >= 0.3 is 0 Å². The van der Waals surface area contributed by atoms with Crippen LogP contribution >= 0.6 is 0 Å². The molecule has 2 aromatic carbocycles. The fraction of sp³-hybridized carbons (Fsp3) is 0.310. The fourth-order valence-corrected chi connectivity index (χ4v) is 5.28. The van der Waals surface area contributed by atoms with Gasteiger partial charge in [0.15, 0.2) is 0 Å². The van der Waals surface area contributed by atoms with E-state index in [1.807, 2.05) is 18.3 Å². The highest BCUT2D eigenvalue weighted by Crippen LogP contribution is 2.36. The predicted molar refractivity (Wildman–Crippen MR) is 145 cm³/mol. The first kappa shape index (κ1) is 25.7. The minimum absolute atomic E-state index is 0.102. The molecule has 0 fully saturated rings. The summed E-state index contributed by atoms with van der Waals surface area (Å²) in [6, 6.07) is 12.6. The summed E-state index contributed by atoms with van der Waals surface area (Å²) >= 11 is 0. The Morgan fingerprint density at radius 1 is 1.18 bits per heavy atom. The summed E-state index contributed by atoms with van der Waals surface area (Å²) in [4.78, 5) is 24.2. The van der Waals surface area contributed by atoms with Crippen molar-refractivity contribution in [3.05, 3.63) is 89.1 Å². The molecule has 1 amide bonds. The molecular weight excluding hydrogens is 482 g/mol. The zero-order chi connectivity index (χ0) is 26.3. The van der Waals surface area contributed by atoms with Crippen molar-refractivity contribution in [3.8, 4) is 5.75 Å². The van der Waals surface area contributed by atoms with Gasteiger partial charge in [0.2, 0.25) is 0 Å². The molecular formula is C29H33N5O4. The second-order valence-electron chi connectivity index (χ2n) is 9.53. The van der Waals surface area contributed by atoms with Gasteiger partial charge in [0.1, 0.15) is 5.75 Å². The number of aryl methyl sites for hydroxylation is 1. The molecule has 5 N–H and O–H groups in total. The third-order valence-corrected chi connectivity index (χ3v) is 7.18. The number of nitrogens with zero attached hydrogens (tertiary/aromatic N) is 2. The molecule has 0 saturated carbocycles. The summed E-state index contributed by atoms with van der Waals surface area (Å²) in [6.45, 7) is 2.10. The first-order valence-electron chi connectivity index (χ1n) is 12.9. The quantitative estimate of drug-likeness (QED) is 0.112. The van der Waals surface area contributed by atoms with Crippen LogP contribution in [-0.4, -0.2) is 62.4 Å². The number of fused-ring (bicyclic) bond motifs is 2. The first-order chi connectivity index (χ1) is 18.6. The summed E-state index contributed by atoms with van der Waals surface area (Å²) in [5.41, 5.74) is 8.41. The standard InChI is InChI=1S/C29H33N5O4/c35-13-12-34(28-7-3-21-15-20(1-5-25(21)28)2-8-29(36)33-37)11-9-22-17-31-27-6-4-24(16-26(22)27)38-14-10-23-18-30-19-32-23/h1-2,4-6,8,15-19,28,31,35,37H,3,7,9-14H2,(H,30,32)(H,33,36). The maximum absolute atomic E-state index is 11.3. The van der Waals surface area contributed by atoms with Crippen molar-refractivity contribution in [2.24, 2.45) is 0 Å². The van der Waals surface area contributed by atoms with E-state index in [1.165, 1.54) is 22.8 Å². The Balaban J connectivity index is 1.25. The SMILES string of the molecule is O=C(C=Cc1ccc2c(c1)CCC2N(CCO)CCc1c[nH]c2ccc(OCCc3cnc[nH]3)cc12)NO. The van der Waals surface area contributed by atoms with Gasteiger partial charge < -0.3 is 19.8 Å². The van der Waals surface area contributed by atoms with Crippen LogP contribution in [0.1, 0.15) is 40.4 Å². The van der Waals surface area contributed by atoms with Gasteiger partial charge in [0.25, 0.3) is 5.91 Å². The lowest BCUT2D eigenvalue weighted by Gasteiger charge is -2.29. The van der Waals surface area contributed by atoms with Crippen LogP contribution < -0.4 is 10.2 Å². The molecule has 2 heterocycles. The number of ether oxygens (including phenoxy) is 1. The van der Waals surface area contributed by atoms with Crippen molar-refractivity contribution >= 4 is 22.9 Å². The van der Waals surface area contributed by atoms with Crippen molar-refractivity contribution in [2.45, 2.75) is 31.7 Å². The lowest BCUT2D eigenvalue weighted by Crippen LogP contribution is -2.32. The van der Waals surface area contributed by atoms with Crippen LogP contribution in [0.2, 0.25) is 0 Å². The van der Waals surface area contributed by atoms with Crippen LogP contribution in [0.3, 0.4) is 0 Å². The minimum Gasteiger partial charge on any atom is -0.493 e. The van der Waals surface area contributed by atoms with Gasteiger partial charge in [-0.05, 0) is 65.8 Å². The summed E-state index contributed by atoms with van der Waals surface area (Å²) in [7, 11) is 0. The average molecular weight is 516 g/mol. The number of amides is 1. The molecule has 0 bridgehead atoms. The highest BCUT2D eigenvalue weighted by atomic mass is 16.5. The normalized spacial score (nSPS) is 15.0. The lowest BCUT2D eigenvalue weighted by atomic mass is 10.0. The number of aliphatic hydroxyl groups is 1. The van der Waals surface area contributed by atoms with Crippen molar-refractivity contribution in [3.63, 3.8) is 0 Å². The second kappa shape index (κ2) is 12.1. The molecule has 0 aliphatic heterocycles. The van der Waals surface area contributed by atoms with Crippen LogP contribution in [0, 0.1) is 0 Å². The Morgan fingerprint density at radius 3 is 2.92 bits per heavy atom. The van der Waals surface area contributed by atoms with Crippen molar-refractivity contribution < 1.29 is 19.8 Å². The highest BCUT2D eigenvalue weighted by Gasteiger charge is 2.27. The highest BCUT2D eigenvalue weighted by molar-refractivity contribution is 5.90. The Morgan fingerprint density at radius 2 is 2.11 bits per heavy atom. The monoisotopic (exact) mass is 515 g/mol. The van der Waals surface area contributed by atoms with E-state index in [0.717, 1.165) is 60.1 Å². The molecule has 5 rings (SSSR count). The van der Waals surface area contributed by atoms with E-state index in [1.54, 1.807) is 17.9 Å². The molecule has 1 atom stereocenters. The van der Waals surface area contributed by atoms with Gasteiger partial charge in [-0.15, -0.1) is 0 Å². The molecule has 0 spiro atoms. The van der Waals surface area contributed by atoms with E-state index >= 15 is 0 Å². The number of aromatic amines is 2. The Kier molecular flexibility index (Phi) is 8.18. The number of aliphatic hydroxyl groups excluding tert-OH is 1. The maximum atomic E-state index is 11.3. The molecule has 1 aliphatic rings. The molecule has 2 aromatic heterocycles. The van der Waals surface area contributed by atoms with Crippen molar-refractivity contribution in [1.29, 1.82) is 0 Å². The minimum atomic E-state index is -0.553. The number of aromatic nitrogens is 3. The second-order valence-corrected chi connectivity index (χ2v) is 9.53. The number of nitrogens with one attached hydrogen (secondary N) is 3. The number of carbonyl (C=O) groups is 1. The fourth-order valence-electron chi connectivity index (χ4n) is 5.28. The van der Waals surface area contributed by atoms with Crippen LogP contribution in [0.25, 0.3) is 17.0 Å². The zero-order valence-corrected chi connectivity index (χ0v) is 21.2. The Bertz CT molecular complexity index is 1400. The molecule has 38 heavy (non-hydrogen) atoms. The summed E-state index contributed by atoms with van der Waals surface area (Å²) < 4.78 is 6.00. The number of rotatable bonds is 12. The molecule has 198 valence electrons. The Labute approximate surface area is 221 Å². The van der Waals surface area contributed by atoms with E-state index < -0.39 is 5.91 Å². The molecule has 0 radical (unpaired) electrons. The van der Waals surface area contributed by atoms with E-state index in [2.05, 4.69) is 50.3 Å². The van der Waals surface area contributed by atoms with Gasteiger partial charge in [-0.25, -0.2) is 10.5 Å². The average Bonchev–Trinajstić information content (AvgIpc) is 3.70. The Hall–Kier alpha value is -3.92. The third kappa shape index (κ3) is 5.96. The number of carbonyl (C=O) groups excluding carboxylic acids is 1. The molecule has 9 nitrogen and oxygen atoms in total. The molecule has 0 saturated heterocycles. The van der Waals surface area contributed by atoms with Crippen molar-refractivity contribution in [1.82, 2.24) is 25.3 Å². The predicted octanol–water partition coefficient (Wildman–Crippen LogP) is 3.56. The van der Waals surface area contributed by atoms with E-state index in [0.29, 0.717) is 13.2 Å². The maximum Gasteiger partial charge on any atom is 0.267 e. The van der Waals surface area contributed by atoms with Crippen LogP contribution in [0.5, 0.6) is 5.75 Å². The molecule has 1 aliphatic carbocycles. The van der Waals surface area contributed by atoms with E-state index in [-0.39, 0.29) is 12.6 Å². The van der Waals surface area contributed by atoms with Gasteiger partial charge in [0, 0.05) is 60.6 Å². The number of hydrogen-bond acceptors (Lipinski definition) is 6. The molecule has 1 unspecified atom stereocenters. The number of benzene rings is 2. The van der Waals surface area contributed by atoms with Gasteiger partial charge in [-0.1, -0.05) is 18.2 Å². The zero-order valence-electron chi connectivity index (χ0n) is 21.2. The van der Waals surface area contributed by atoms with Gasteiger partial charge in [-0.3, -0.25) is 14.9 Å². The third-order valence-electron chi connectivity index (χ3n) is 7.18. The van der Waals surface area contributed by atoms with Gasteiger partial charge in [0.05, 0.1) is 19.5 Å². The van der Waals surface area contributed by atoms with Crippen LogP contribution in [0.4, 0.5) is 0 Å². The number of imidazole rings is 1. The number of hydroxylamine groups is 1. The van der Waals surface area contributed by atoms with Crippen molar-refractivity contribution in [2.75, 3.05) is 26.3 Å². The molecule has 4 aromatic rings. The first-order valence-corrected chi connectivity index (χ1v) is 12.9. The number of H-pyrrole nitrogens is 2. The van der Waals surface area contributed by atoms with E-state index in [9.17, 15) is 9.90 Å². The summed E-state index contributed by atoms with van der Waals surface area (Å²) in [5, 5.41) is 19.7. The largest absolute Gasteiger partial charge is 0.493 e. The van der Waals surface area contributed by atoms with Gasteiger partial charge in [-0.2, -0.15) is 0 Å². The lowest BCUT2D eigenvalue weighted by molar-refractivity contribution is -0.124. The van der Waals surface area contributed by atoms with E-state index in [4.69, 9.17) is 9.94 Å². The van der Waals surface area contributed by atoms with Crippen LogP contribution in [0.15, 0.2) is 61.2 Å². The topological polar surface area (TPSA) is 127 Å². The smallest absolute Gasteiger partial charge is 0.267 e. The molecule has 9 heteroatoms.